The van der Waals surface area contributed by atoms with Crippen molar-refractivity contribution in [1.82, 2.24) is 19.5 Å². The van der Waals surface area contributed by atoms with Crippen LogP contribution in [0.15, 0.2) is 115 Å². The molecule has 1 aliphatic carbocycles. The van der Waals surface area contributed by atoms with Gasteiger partial charge in [0.2, 0.25) is 5.95 Å². The molecule has 4 heteroatoms. The molecule has 0 atom stereocenters. The molecule has 3 heterocycles. The summed E-state index contributed by atoms with van der Waals surface area (Å²) in [6.07, 6.45) is 0. The quantitative estimate of drug-likeness (QED) is 0.228. The van der Waals surface area contributed by atoms with Crippen LogP contribution in [0.4, 0.5) is 0 Å². The summed E-state index contributed by atoms with van der Waals surface area (Å²) in [6.45, 7) is 4.66. The molecule has 0 saturated carbocycles. The molecule has 0 saturated heterocycles. The second-order valence-electron chi connectivity index (χ2n) is 11.6. The second kappa shape index (κ2) is 7.92. The van der Waals surface area contributed by atoms with Crippen LogP contribution in [0, 0.1) is 0 Å². The first-order valence-electron chi connectivity index (χ1n) is 14.1. The van der Waals surface area contributed by atoms with Crippen LogP contribution in [0.5, 0.6) is 0 Å². The van der Waals surface area contributed by atoms with Gasteiger partial charge in [0.05, 0.1) is 28.1 Å². The van der Waals surface area contributed by atoms with Gasteiger partial charge in [-0.1, -0.05) is 105 Å². The van der Waals surface area contributed by atoms with Crippen LogP contribution in [0.3, 0.4) is 0 Å². The van der Waals surface area contributed by atoms with Gasteiger partial charge >= 0.3 is 0 Å². The molecule has 9 rings (SSSR count). The highest BCUT2D eigenvalue weighted by Crippen LogP contribution is 2.53. The summed E-state index contributed by atoms with van der Waals surface area (Å²) in [5.41, 5.74) is 10.1. The fourth-order valence-electron chi connectivity index (χ4n) is 7.06. The lowest BCUT2D eigenvalue weighted by molar-refractivity contribution is 0.666. The maximum Gasteiger partial charge on any atom is 0.235 e. The van der Waals surface area contributed by atoms with E-state index in [1.165, 1.54) is 38.5 Å². The van der Waals surface area contributed by atoms with Gasteiger partial charge in [-0.15, -0.1) is 0 Å². The molecule has 0 spiro atoms. The van der Waals surface area contributed by atoms with Crippen molar-refractivity contribution in [1.29, 1.82) is 0 Å². The van der Waals surface area contributed by atoms with Gasteiger partial charge in [0.15, 0.2) is 0 Å². The molecule has 0 unspecified atom stereocenters. The Balaban J connectivity index is 1.45. The van der Waals surface area contributed by atoms with Gasteiger partial charge in [0.25, 0.3) is 0 Å². The Bertz CT molecular complexity index is 2320. The van der Waals surface area contributed by atoms with Crippen molar-refractivity contribution in [2.45, 2.75) is 19.3 Å². The smallest absolute Gasteiger partial charge is 0.235 e. The van der Waals surface area contributed by atoms with Crippen molar-refractivity contribution in [2.24, 2.45) is 0 Å². The third-order valence-corrected chi connectivity index (χ3v) is 8.92. The zero-order valence-corrected chi connectivity index (χ0v) is 22.8. The highest BCUT2D eigenvalue weighted by atomic mass is 15.2. The SMILES string of the molecule is CC1(C)c2ccccc2-c2c1c1ccccc1n2-c1nc(-c2cc3ccccc3[nH]2)c2ccc3ccccc3c2n1. The van der Waals surface area contributed by atoms with E-state index in [0.29, 0.717) is 5.95 Å². The third kappa shape index (κ3) is 2.99. The average Bonchev–Trinajstić information content (AvgIpc) is 3.66. The monoisotopic (exact) mass is 526 g/mol. The predicted molar refractivity (Wildman–Crippen MR) is 169 cm³/mol. The second-order valence-corrected chi connectivity index (χ2v) is 11.6. The summed E-state index contributed by atoms with van der Waals surface area (Å²) in [6, 6.07) is 40.9. The Kier molecular flexibility index (Phi) is 4.36. The molecule has 41 heavy (non-hydrogen) atoms. The summed E-state index contributed by atoms with van der Waals surface area (Å²) in [7, 11) is 0. The summed E-state index contributed by atoms with van der Waals surface area (Å²) in [5, 5.41) is 5.74. The average molecular weight is 527 g/mol. The van der Waals surface area contributed by atoms with Crippen LogP contribution in [0.1, 0.15) is 25.0 Å². The molecule has 194 valence electrons. The first kappa shape index (κ1) is 22.6. The molecule has 1 aliphatic rings. The molecule has 0 fully saturated rings. The molecule has 8 aromatic rings. The highest BCUT2D eigenvalue weighted by Gasteiger charge is 2.40. The van der Waals surface area contributed by atoms with Crippen LogP contribution < -0.4 is 0 Å². The first-order chi connectivity index (χ1) is 20.1. The Morgan fingerprint density at radius 2 is 1.39 bits per heavy atom. The molecular weight excluding hydrogens is 500 g/mol. The van der Waals surface area contributed by atoms with E-state index in [1.807, 2.05) is 0 Å². The van der Waals surface area contributed by atoms with E-state index in [1.54, 1.807) is 0 Å². The Hall–Kier alpha value is -5.22. The number of aromatic amines is 1. The zero-order chi connectivity index (χ0) is 27.3. The van der Waals surface area contributed by atoms with E-state index in [-0.39, 0.29) is 5.41 Å². The third-order valence-electron chi connectivity index (χ3n) is 8.92. The summed E-state index contributed by atoms with van der Waals surface area (Å²) < 4.78 is 2.30. The van der Waals surface area contributed by atoms with Crippen LogP contribution in [0.2, 0.25) is 0 Å². The number of hydrogen-bond donors (Lipinski definition) is 1. The molecule has 3 aromatic heterocycles. The number of nitrogens with one attached hydrogen (secondary N) is 1. The number of rotatable bonds is 2. The lowest BCUT2D eigenvalue weighted by atomic mass is 9.81. The summed E-state index contributed by atoms with van der Waals surface area (Å²) in [4.78, 5) is 14.4. The fraction of sp³-hybridized carbons (Fsp3) is 0.0811. The van der Waals surface area contributed by atoms with Crippen LogP contribution in [-0.4, -0.2) is 19.5 Å². The minimum Gasteiger partial charge on any atom is -0.353 e. The van der Waals surface area contributed by atoms with Gasteiger partial charge in [-0.2, -0.15) is 0 Å². The van der Waals surface area contributed by atoms with E-state index < -0.39 is 0 Å². The van der Waals surface area contributed by atoms with Crippen LogP contribution in [-0.2, 0) is 5.41 Å². The maximum absolute atomic E-state index is 5.38. The first-order valence-corrected chi connectivity index (χ1v) is 14.1. The molecule has 0 amide bonds. The Morgan fingerprint density at radius 3 is 2.27 bits per heavy atom. The van der Waals surface area contributed by atoms with E-state index in [9.17, 15) is 0 Å². The predicted octanol–water partition coefficient (Wildman–Crippen LogP) is 9.18. The van der Waals surface area contributed by atoms with Gasteiger partial charge in [0.1, 0.15) is 0 Å². The standard InChI is InChI=1S/C37H26N4/c1-37(2)28-16-8-6-14-25(28)35-32(37)26-15-7-10-18-31(26)41(35)36-39-33-24-13-5-3-11-22(24)19-20-27(33)34(40-36)30-21-23-12-4-9-17-29(23)38-30/h3-21,38H,1-2H3. The Labute approximate surface area is 236 Å². The maximum atomic E-state index is 5.38. The highest BCUT2D eigenvalue weighted by molar-refractivity contribution is 6.10. The van der Waals surface area contributed by atoms with E-state index >= 15 is 0 Å². The molecule has 0 bridgehead atoms. The Morgan fingerprint density at radius 1 is 0.659 bits per heavy atom. The van der Waals surface area contributed by atoms with Crippen molar-refractivity contribution in [3.05, 3.63) is 126 Å². The topological polar surface area (TPSA) is 46.5 Å². The van der Waals surface area contributed by atoms with Crippen molar-refractivity contribution < 1.29 is 0 Å². The number of benzene rings is 5. The van der Waals surface area contributed by atoms with Crippen molar-refractivity contribution >= 4 is 43.5 Å². The zero-order valence-electron chi connectivity index (χ0n) is 22.8. The molecule has 5 aromatic carbocycles. The van der Waals surface area contributed by atoms with E-state index in [2.05, 4.69) is 139 Å². The van der Waals surface area contributed by atoms with E-state index in [4.69, 9.17) is 9.97 Å². The van der Waals surface area contributed by atoms with Crippen molar-refractivity contribution in [2.75, 3.05) is 0 Å². The van der Waals surface area contributed by atoms with Gasteiger partial charge in [-0.05, 0) is 40.8 Å². The lowest BCUT2D eigenvalue weighted by Crippen LogP contribution is -2.14. The van der Waals surface area contributed by atoms with Gasteiger partial charge in [0, 0.05) is 38.0 Å². The van der Waals surface area contributed by atoms with Crippen LogP contribution in [0.25, 0.3) is 72.1 Å². The van der Waals surface area contributed by atoms with Crippen LogP contribution >= 0.6 is 0 Å². The number of hydrogen-bond acceptors (Lipinski definition) is 2. The van der Waals surface area contributed by atoms with Gasteiger partial charge in [-0.3, -0.25) is 4.57 Å². The number of H-pyrrole nitrogens is 1. The largest absolute Gasteiger partial charge is 0.353 e. The molecular formula is C37H26N4. The molecule has 4 nitrogen and oxygen atoms in total. The van der Waals surface area contributed by atoms with Crippen molar-refractivity contribution in [3.8, 4) is 28.6 Å². The number of fused-ring (bicyclic) bond motifs is 9. The molecule has 0 aliphatic heterocycles. The summed E-state index contributed by atoms with van der Waals surface area (Å²) in [5.74, 6) is 0.687. The number of para-hydroxylation sites is 2. The molecule has 0 radical (unpaired) electrons. The number of nitrogens with zero attached hydrogens (tertiary/aromatic N) is 3. The van der Waals surface area contributed by atoms with Crippen molar-refractivity contribution in [3.63, 3.8) is 0 Å². The number of aromatic nitrogens is 4. The van der Waals surface area contributed by atoms with Gasteiger partial charge in [-0.25, -0.2) is 9.97 Å². The minimum atomic E-state index is -0.139. The molecule has 1 N–H and O–H groups in total. The van der Waals surface area contributed by atoms with Gasteiger partial charge < -0.3 is 4.98 Å². The fourth-order valence-corrected chi connectivity index (χ4v) is 7.06. The van der Waals surface area contributed by atoms with E-state index in [0.717, 1.165) is 38.7 Å². The normalized spacial score (nSPS) is 13.8. The lowest BCUT2D eigenvalue weighted by Gasteiger charge is -2.21. The summed E-state index contributed by atoms with van der Waals surface area (Å²) >= 11 is 0. The minimum absolute atomic E-state index is 0.139.